The first-order valence-electron chi connectivity index (χ1n) is 9.76. The van der Waals surface area contributed by atoms with Gasteiger partial charge >= 0.3 is 0 Å². The molecule has 4 rings (SSSR count). The molecule has 0 radical (unpaired) electrons. The average Bonchev–Trinajstić information content (AvgIpc) is 3.19. The Morgan fingerprint density at radius 1 is 1.03 bits per heavy atom. The normalized spacial score (nSPS) is 23.3. The number of piperidine rings is 1. The minimum Gasteiger partial charge on any atom is -0.349 e. The van der Waals surface area contributed by atoms with Gasteiger partial charge in [0.2, 0.25) is 0 Å². The number of halogens is 3. The fourth-order valence-corrected chi connectivity index (χ4v) is 4.24. The summed E-state index contributed by atoms with van der Waals surface area (Å²) in [6.07, 6.45) is 2.72. The summed E-state index contributed by atoms with van der Waals surface area (Å²) in [5, 5.41) is 3.12. The van der Waals surface area contributed by atoms with Crippen LogP contribution >= 0.6 is 11.6 Å². The third kappa shape index (κ3) is 4.75. The van der Waals surface area contributed by atoms with Crippen molar-refractivity contribution in [3.63, 3.8) is 0 Å². The molecule has 2 aliphatic rings. The molecule has 1 amide bonds. The predicted octanol–water partition coefficient (Wildman–Crippen LogP) is 3.38. The van der Waals surface area contributed by atoms with Crippen molar-refractivity contribution in [1.29, 1.82) is 0 Å². The third-order valence-electron chi connectivity index (χ3n) is 5.64. The fourth-order valence-electron chi connectivity index (χ4n) is 3.98. The van der Waals surface area contributed by atoms with Gasteiger partial charge in [0, 0.05) is 25.2 Å². The highest BCUT2D eigenvalue weighted by atomic mass is 35.5. The van der Waals surface area contributed by atoms with Gasteiger partial charge in [0.15, 0.2) is 0 Å². The Labute approximate surface area is 173 Å². The molecule has 2 heterocycles. The standard InChI is InChI=1S/C21H23ClF2N4O/c22-18-11-15(24)5-6-17(18)21(29)25-16-7-9-28(10-8-16)20-12-19(26-27-20)13-1-3-14(23)4-2-13/h1-6,11,16,19-20,26-27H,7-10,12H2,(H,25,29). The Morgan fingerprint density at radius 2 is 1.72 bits per heavy atom. The molecule has 0 saturated carbocycles. The summed E-state index contributed by atoms with van der Waals surface area (Å²) < 4.78 is 26.3. The van der Waals surface area contributed by atoms with Crippen LogP contribution in [0.4, 0.5) is 8.78 Å². The molecule has 5 nitrogen and oxygen atoms in total. The van der Waals surface area contributed by atoms with E-state index < -0.39 is 5.82 Å². The van der Waals surface area contributed by atoms with E-state index in [1.165, 1.54) is 24.3 Å². The van der Waals surface area contributed by atoms with Crippen LogP contribution in [0.5, 0.6) is 0 Å². The van der Waals surface area contributed by atoms with Crippen molar-refractivity contribution < 1.29 is 13.6 Å². The zero-order valence-corrected chi connectivity index (χ0v) is 16.6. The van der Waals surface area contributed by atoms with Crippen molar-refractivity contribution in [1.82, 2.24) is 21.1 Å². The van der Waals surface area contributed by atoms with Crippen LogP contribution in [-0.4, -0.2) is 36.1 Å². The lowest BCUT2D eigenvalue weighted by atomic mass is 10.0. The quantitative estimate of drug-likeness (QED) is 0.709. The molecule has 2 fully saturated rings. The monoisotopic (exact) mass is 420 g/mol. The number of hydrogen-bond donors (Lipinski definition) is 3. The Kier molecular flexibility index (Phi) is 6.10. The molecule has 29 heavy (non-hydrogen) atoms. The summed E-state index contributed by atoms with van der Waals surface area (Å²) in [7, 11) is 0. The lowest BCUT2D eigenvalue weighted by molar-refractivity contribution is 0.0880. The second-order valence-electron chi connectivity index (χ2n) is 7.55. The van der Waals surface area contributed by atoms with Crippen LogP contribution in [0.3, 0.4) is 0 Å². The Morgan fingerprint density at radius 3 is 2.41 bits per heavy atom. The summed E-state index contributed by atoms with van der Waals surface area (Å²) in [6, 6.07) is 10.6. The topological polar surface area (TPSA) is 56.4 Å². The highest BCUT2D eigenvalue weighted by Gasteiger charge is 2.32. The number of rotatable bonds is 4. The number of amides is 1. The molecule has 2 aromatic carbocycles. The van der Waals surface area contributed by atoms with Crippen molar-refractivity contribution in [2.24, 2.45) is 0 Å². The SMILES string of the molecule is O=C(NC1CCN(C2CC(c3ccc(F)cc3)NN2)CC1)c1ccc(F)cc1Cl. The first-order chi connectivity index (χ1) is 14.0. The van der Waals surface area contributed by atoms with Gasteiger partial charge in [-0.1, -0.05) is 23.7 Å². The van der Waals surface area contributed by atoms with E-state index in [0.29, 0.717) is 5.56 Å². The molecule has 2 atom stereocenters. The Hall–Kier alpha value is -2.06. The van der Waals surface area contributed by atoms with Gasteiger partial charge < -0.3 is 5.32 Å². The van der Waals surface area contributed by atoms with Gasteiger partial charge in [-0.3, -0.25) is 9.69 Å². The van der Waals surface area contributed by atoms with Crippen molar-refractivity contribution in [2.45, 2.75) is 37.5 Å². The zero-order chi connectivity index (χ0) is 20.4. The van der Waals surface area contributed by atoms with Gasteiger partial charge in [0.05, 0.1) is 16.8 Å². The summed E-state index contributed by atoms with van der Waals surface area (Å²) in [5.41, 5.74) is 7.96. The molecule has 3 N–H and O–H groups in total. The van der Waals surface area contributed by atoms with E-state index in [0.717, 1.165) is 44.0 Å². The summed E-state index contributed by atoms with van der Waals surface area (Å²) >= 11 is 5.98. The molecule has 2 aromatic rings. The van der Waals surface area contributed by atoms with E-state index in [1.807, 2.05) is 0 Å². The van der Waals surface area contributed by atoms with E-state index >= 15 is 0 Å². The fraction of sp³-hybridized carbons (Fsp3) is 0.381. The number of hydrazine groups is 1. The van der Waals surface area contributed by atoms with Crippen molar-refractivity contribution in [3.8, 4) is 0 Å². The summed E-state index contributed by atoms with van der Waals surface area (Å²) in [4.78, 5) is 14.8. The van der Waals surface area contributed by atoms with Crippen molar-refractivity contribution >= 4 is 17.5 Å². The van der Waals surface area contributed by atoms with Gasteiger partial charge in [0.25, 0.3) is 5.91 Å². The van der Waals surface area contributed by atoms with Crippen LogP contribution in [0, 0.1) is 11.6 Å². The maximum absolute atomic E-state index is 13.2. The second kappa shape index (κ2) is 8.75. The lowest BCUT2D eigenvalue weighted by Crippen LogP contribution is -2.51. The molecule has 154 valence electrons. The van der Waals surface area contributed by atoms with Crippen LogP contribution < -0.4 is 16.2 Å². The van der Waals surface area contributed by atoms with Crippen molar-refractivity contribution in [3.05, 3.63) is 70.2 Å². The molecule has 2 unspecified atom stereocenters. The van der Waals surface area contributed by atoms with Crippen LogP contribution in [0.1, 0.15) is 41.2 Å². The minimum atomic E-state index is -0.462. The van der Waals surface area contributed by atoms with E-state index in [1.54, 1.807) is 12.1 Å². The molecule has 2 aliphatic heterocycles. The number of hydrogen-bond acceptors (Lipinski definition) is 4. The molecular formula is C21H23ClF2N4O. The molecule has 0 aliphatic carbocycles. The predicted molar refractivity (Wildman–Crippen MR) is 107 cm³/mol. The largest absolute Gasteiger partial charge is 0.349 e. The molecule has 2 saturated heterocycles. The average molecular weight is 421 g/mol. The number of nitrogens with one attached hydrogen (secondary N) is 3. The maximum Gasteiger partial charge on any atom is 0.253 e. The van der Waals surface area contributed by atoms with E-state index in [4.69, 9.17) is 11.6 Å². The number of likely N-dealkylation sites (tertiary alicyclic amines) is 1. The van der Waals surface area contributed by atoms with Gasteiger partial charge in [-0.2, -0.15) is 0 Å². The highest BCUT2D eigenvalue weighted by Crippen LogP contribution is 2.26. The van der Waals surface area contributed by atoms with Gasteiger partial charge in [-0.25, -0.2) is 19.6 Å². The second-order valence-corrected chi connectivity index (χ2v) is 7.96. The molecule has 0 spiro atoms. The minimum absolute atomic E-state index is 0.0575. The molecule has 0 aromatic heterocycles. The summed E-state index contributed by atoms with van der Waals surface area (Å²) in [6.45, 7) is 1.69. The maximum atomic E-state index is 13.2. The Bertz CT molecular complexity index is 871. The first-order valence-corrected chi connectivity index (χ1v) is 10.1. The van der Waals surface area contributed by atoms with Crippen LogP contribution in [0.15, 0.2) is 42.5 Å². The molecule has 0 bridgehead atoms. The first kappa shape index (κ1) is 20.2. The number of carbonyl (C=O) groups excluding carboxylic acids is 1. The van der Waals surface area contributed by atoms with Crippen LogP contribution in [-0.2, 0) is 0 Å². The van der Waals surface area contributed by atoms with Crippen molar-refractivity contribution in [2.75, 3.05) is 13.1 Å². The van der Waals surface area contributed by atoms with Gasteiger partial charge in [-0.15, -0.1) is 0 Å². The van der Waals surface area contributed by atoms with Crippen LogP contribution in [0.2, 0.25) is 5.02 Å². The summed E-state index contributed by atoms with van der Waals surface area (Å²) in [5.74, 6) is -0.968. The van der Waals surface area contributed by atoms with Crippen LogP contribution in [0.25, 0.3) is 0 Å². The van der Waals surface area contributed by atoms with E-state index in [-0.39, 0.29) is 35.0 Å². The third-order valence-corrected chi connectivity index (χ3v) is 5.95. The highest BCUT2D eigenvalue weighted by molar-refractivity contribution is 6.33. The number of nitrogens with zero attached hydrogens (tertiary/aromatic N) is 1. The van der Waals surface area contributed by atoms with E-state index in [2.05, 4.69) is 21.1 Å². The number of benzene rings is 2. The lowest BCUT2D eigenvalue weighted by Gasteiger charge is -2.35. The smallest absolute Gasteiger partial charge is 0.253 e. The van der Waals surface area contributed by atoms with Gasteiger partial charge in [0.1, 0.15) is 11.6 Å². The number of carbonyl (C=O) groups is 1. The molecular weight excluding hydrogens is 398 g/mol. The van der Waals surface area contributed by atoms with E-state index in [9.17, 15) is 13.6 Å². The molecule has 8 heteroatoms. The van der Waals surface area contributed by atoms with Gasteiger partial charge in [-0.05, 0) is 55.2 Å². The Balaban J connectivity index is 1.27. The zero-order valence-electron chi connectivity index (χ0n) is 15.8.